The van der Waals surface area contributed by atoms with Gasteiger partial charge in [-0.05, 0) is 77.3 Å². The summed E-state index contributed by atoms with van der Waals surface area (Å²) in [5, 5.41) is 23.3. The molecule has 0 aliphatic carbocycles. The zero-order valence-corrected chi connectivity index (χ0v) is 16.8. The zero-order valence-electron chi connectivity index (χ0n) is 15.2. The number of halogens is 1. The average Bonchev–Trinajstić information content (AvgIpc) is 2.69. The highest BCUT2D eigenvalue weighted by atomic mass is 79.9. The number of anilines is 2. The van der Waals surface area contributed by atoms with Gasteiger partial charge in [-0.3, -0.25) is 10.1 Å². The van der Waals surface area contributed by atoms with Crippen molar-refractivity contribution in [3.05, 3.63) is 85.9 Å². The largest absolute Gasteiger partial charge is 0.456 e. The molecule has 0 amide bonds. The van der Waals surface area contributed by atoms with Gasteiger partial charge in [0.2, 0.25) is 0 Å². The second-order valence-electron chi connectivity index (χ2n) is 6.17. The van der Waals surface area contributed by atoms with E-state index in [1.165, 1.54) is 6.07 Å². The number of hydrogen-bond acceptors (Lipinski definition) is 5. The molecule has 0 unspecified atom stereocenters. The van der Waals surface area contributed by atoms with Crippen LogP contribution in [0.2, 0.25) is 0 Å². The summed E-state index contributed by atoms with van der Waals surface area (Å²) < 4.78 is 6.82. The predicted octanol–water partition coefficient (Wildman–Crippen LogP) is 6.38. The maximum atomic E-state index is 11.4. The molecule has 7 heteroatoms. The van der Waals surface area contributed by atoms with Gasteiger partial charge in [0.05, 0.1) is 21.0 Å². The number of ether oxygens (including phenoxy) is 1. The number of nitriles is 1. The highest BCUT2D eigenvalue weighted by molar-refractivity contribution is 9.10. The summed E-state index contributed by atoms with van der Waals surface area (Å²) in [5.74, 6) is 1.13. The average molecular weight is 438 g/mol. The smallest absolute Gasteiger partial charge is 0.292 e. The van der Waals surface area contributed by atoms with Crippen LogP contribution in [0.1, 0.15) is 16.7 Å². The Hall–Kier alpha value is -3.37. The molecule has 0 spiro atoms. The molecule has 6 nitrogen and oxygen atoms in total. The van der Waals surface area contributed by atoms with E-state index in [1.807, 2.05) is 32.0 Å². The van der Waals surface area contributed by atoms with Gasteiger partial charge in [0.1, 0.15) is 17.2 Å². The molecule has 0 fully saturated rings. The van der Waals surface area contributed by atoms with Crippen molar-refractivity contribution in [2.75, 3.05) is 5.32 Å². The second kappa shape index (κ2) is 8.11. The van der Waals surface area contributed by atoms with Crippen molar-refractivity contribution in [1.29, 1.82) is 5.26 Å². The Morgan fingerprint density at radius 2 is 1.82 bits per heavy atom. The van der Waals surface area contributed by atoms with Crippen LogP contribution in [0.4, 0.5) is 17.1 Å². The molecule has 0 saturated carbocycles. The molecular formula is C21H16BrN3O3. The van der Waals surface area contributed by atoms with Crippen molar-refractivity contribution in [3.8, 4) is 17.6 Å². The first kappa shape index (κ1) is 19.4. The third-order valence-corrected chi connectivity index (χ3v) is 4.93. The molecule has 3 aromatic rings. The van der Waals surface area contributed by atoms with E-state index in [-0.39, 0.29) is 5.69 Å². The van der Waals surface area contributed by atoms with E-state index in [9.17, 15) is 10.1 Å². The van der Waals surface area contributed by atoms with Crippen molar-refractivity contribution in [3.63, 3.8) is 0 Å². The lowest BCUT2D eigenvalue weighted by atomic mass is 10.1. The van der Waals surface area contributed by atoms with Crippen LogP contribution >= 0.6 is 15.9 Å². The quantitative estimate of drug-likeness (QED) is 0.369. The van der Waals surface area contributed by atoms with Gasteiger partial charge in [-0.15, -0.1) is 0 Å². The minimum atomic E-state index is -0.455. The Morgan fingerprint density at radius 3 is 2.46 bits per heavy atom. The number of nitro benzene ring substituents is 1. The second-order valence-corrected chi connectivity index (χ2v) is 7.03. The minimum Gasteiger partial charge on any atom is -0.456 e. The normalized spacial score (nSPS) is 10.2. The number of rotatable bonds is 5. The van der Waals surface area contributed by atoms with E-state index >= 15 is 0 Å². The summed E-state index contributed by atoms with van der Waals surface area (Å²) in [7, 11) is 0. The topological polar surface area (TPSA) is 88.2 Å². The number of nitrogens with zero attached hydrogens (tertiary/aromatic N) is 2. The molecule has 140 valence electrons. The monoisotopic (exact) mass is 437 g/mol. The highest BCUT2D eigenvalue weighted by Gasteiger charge is 2.17. The van der Waals surface area contributed by atoms with Crippen molar-refractivity contribution in [2.45, 2.75) is 13.8 Å². The van der Waals surface area contributed by atoms with Crippen molar-refractivity contribution >= 4 is 33.0 Å². The summed E-state index contributed by atoms with van der Waals surface area (Å²) >= 11 is 3.49. The lowest BCUT2D eigenvalue weighted by Crippen LogP contribution is -1.98. The molecule has 0 heterocycles. The molecule has 3 aromatic carbocycles. The van der Waals surface area contributed by atoms with Crippen LogP contribution in [0.15, 0.2) is 59.1 Å². The maximum absolute atomic E-state index is 11.4. The van der Waals surface area contributed by atoms with Crippen LogP contribution in [-0.4, -0.2) is 4.92 Å². The van der Waals surface area contributed by atoms with Crippen LogP contribution in [0.3, 0.4) is 0 Å². The zero-order chi connectivity index (χ0) is 20.3. The summed E-state index contributed by atoms with van der Waals surface area (Å²) in [4.78, 5) is 11.0. The van der Waals surface area contributed by atoms with E-state index < -0.39 is 4.92 Å². The molecule has 0 bridgehead atoms. The van der Waals surface area contributed by atoms with Crippen LogP contribution < -0.4 is 10.1 Å². The molecular weight excluding hydrogens is 422 g/mol. The number of nitrogens with one attached hydrogen (secondary N) is 1. The maximum Gasteiger partial charge on any atom is 0.292 e. The number of hydrogen-bond donors (Lipinski definition) is 1. The third kappa shape index (κ3) is 4.13. The Kier molecular flexibility index (Phi) is 5.62. The predicted molar refractivity (Wildman–Crippen MR) is 111 cm³/mol. The fourth-order valence-electron chi connectivity index (χ4n) is 2.62. The molecule has 3 rings (SSSR count). The minimum absolute atomic E-state index is 0.0725. The molecule has 0 saturated heterocycles. The van der Waals surface area contributed by atoms with Gasteiger partial charge in [-0.1, -0.05) is 6.07 Å². The SMILES string of the molecule is Cc1ccc(Br)c(Oc2ccc([N+](=O)[O-])c(Nc3ccc(C#N)cc3)c2)c1C. The van der Waals surface area contributed by atoms with Crippen molar-refractivity contribution in [1.82, 2.24) is 0 Å². The Bertz CT molecular complexity index is 1090. The third-order valence-electron chi connectivity index (χ3n) is 4.31. The summed E-state index contributed by atoms with van der Waals surface area (Å²) in [6, 6.07) is 17.1. The van der Waals surface area contributed by atoms with Crippen LogP contribution in [-0.2, 0) is 0 Å². The lowest BCUT2D eigenvalue weighted by Gasteiger charge is -2.14. The standard InChI is InChI=1S/C21H16BrN3O3/c1-13-3-9-18(22)21(14(13)2)28-17-8-10-20(25(26)27)19(11-17)24-16-6-4-15(12-23)5-7-16/h3-11,24H,1-2H3. The van der Waals surface area contributed by atoms with Gasteiger partial charge < -0.3 is 10.1 Å². The van der Waals surface area contributed by atoms with E-state index in [0.29, 0.717) is 28.4 Å². The molecule has 0 radical (unpaired) electrons. The van der Waals surface area contributed by atoms with Crippen molar-refractivity contribution < 1.29 is 9.66 Å². The van der Waals surface area contributed by atoms with Gasteiger partial charge in [-0.25, -0.2) is 0 Å². The molecule has 0 atom stereocenters. The van der Waals surface area contributed by atoms with Gasteiger partial charge in [0.15, 0.2) is 0 Å². The van der Waals surface area contributed by atoms with Gasteiger partial charge in [-0.2, -0.15) is 5.26 Å². The van der Waals surface area contributed by atoms with E-state index in [0.717, 1.165) is 15.6 Å². The van der Waals surface area contributed by atoms with Gasteiger partial charge in [0, 0.05) is 17.8 Å². The summed E-state index contributed by atoms with van der Waals surface area (Å²) in [5.41, 5.74) is 3.43. The lowest BCUT2D eigenvalue weighted by molar-refractivity contribution is -0.383. The molecule has 0 aliphatic rings. The Morgan fingerprint density at radius 1 is 1.11 bits per heavy atom. The van der Waals surface area contributed by atoms with Crippen LogP contribution in [0.5, 0.6) is 11.5 Å². The molecule has 28 heavy (non-hydrogen) atoms. The Labute approximate surface area is 170 Å². The van der Waals surface area contributed by atoms with Crippen LogP contribution in [0, 0.1) is 35.3 Å². The van der Waals surface area contributed by atoms with Gasteiger partial charge in [0.25, 0.3) is 5.69 Å². The molecule has 1 N–H and O–H groups in total. The van der Waals surface area contributed by atoms with Crippen LogP contribution in [0.25, 0.3) is 0 Å². The van der Waals surface area contributed by atoms with Crippen molar-refractivity contribution in [2.24, 2.45) is 0 Å². The fourth-order valence-corrected chi connectivity index (χ4v) is 3.13. The Balaban J connectivity index is 1.97. The first-order valence-electron chi connectivity index (χ1n) is 8.38. The fraction of sp³-hybridized carbons (Fsp3) is 0.0952. The highest BCUT2D eigenvalue weighted by Crippen LogP contribution is 2.38. The number of aryl methyl sites for hydroxylation is 1. The van der Waals surface area contributed by atoms with E-state index in [2.05, 4.69) is 21.2 Å². The number of nitro groups is 1. The molecule has 0 aromatic heterocycles. The van der Waals surface area contributed by atoms with E-state index in [1.54, 1.807) is 36.4 Å². The summed E-state index contributed by atoms with van der Waals surface area (Å²) in [6.45, 7) is 3.94. The molecule has 0 aliphatic heterocycles. The first-order chi connectivity index (χ1) is 13.4. The van der Waals surface area contributed by atoms with Gasteiger partial charge >= 0.3 is 0 Å². The summed E-state index contributed by atoms with van der Waals surface area (Å²) in [6.07, 6.45) is 0. The van der Waals surface area contributed by atoms with E-state index in [4.69, 9.17) is 10.00 Å². The number of benzene rings is 3. The first-order valence-corrected chi connectivity index (χ1v) is 9.17.